The highest BCUT2D eigenvalue weighted by Crippen LogP contribution is 2.25. The minimum Gasteiger partial charge on any atom is -0.496 e. The zero-order chi connectivity index (χ0) is 16.3. The van der Waals surface area contributed by atoms with Crippen molar-refractivity contribution in [3.63, 3.8) is 0 Å². The van der Waals surface area contributed by atoms with E-state index in [0.717, 1.165) is 22.6 Å². The van der Waals surface area contributed by atoms with Crippen LogP contribution in [0.15, 0.2) is 28.7 Å². The largest absolute Gasteiger partial charge is 0.496 e. The molecule has 22 heavy (non-hydrogen) atoms. The number of aliphatic hydroxyl groups is 1. The van der Waals surface area contributed by atoms with E-state index in [2.05, 4.69) is 17.4 Å². The zero-order valence-electron chi connectivity index (χ0n) is 14.0. The lowest BCUT2D eigenvalue weighted by Crippen LogP contribution is -2.34. The molecular formula is C18H25NO3. The highest BCUT2D eigenvalue weighted by atomic mass is 16.5. The summed E-state index contributed by atoms with van der Waals surface area (Å²) in [5.74, 6) is 2.32. The normalized spacial score (nSPS) is 13.9. The van der Waals surface area contributed by atoms with Crippen molar-refractivity contribution in [1.82, 2.24) is 5.32 Å². The Balaban J connectivity index is 1.99. The number of aryl methyl sites for hydroxylation is 3. The molecule has 1 aromatic carbocycles. The van der Waals surface area contributed by atoms with Gasteiger partial charge in [0.05, 0.1) is 7.11 Å². The van der Waals surface area contributed by atoms with Crippen LogP contribution in [0.5, 0.6) is 5.75 Å². The third-order valence-corrected chi connectivity index (χ3v) is 3.79. The molecule has 0 aliphatic rings. The van der Waals surface area contributed by atoms with Crippen LogP contribution in [-0.4, -0.2) is 18.8 Å². The van der Waals surface area contributed by atoms with E-state index in [1.165, 1.54) is 5.56 Å². The molecule has 2 rings (SSSR count). The van der Waals surface area contributed by atoms with Crippen molar-refractivity contribution in [3.05, 3.63) is 52.5 Å². The second kappa shape index (κ2) is 6.55. The number of furan rings is 1. The van der Waals surface area contributed by atoms with Gasteiger partial charge in [0.15, 0.2) is 0 Å². The van der Waals surface area contributed by atoms with Gasteiger partial charge in [-0.05, 0) is 56.5 Å². The average molecular weight is 303 g/mol. The lowest BCUT2D eigenvalue weighted by atomic mass is 10.0. The SMILES string of the molecule is COc1c(C)cc(CNCC(C)(O)c2ccc(C)o2)cc1C. The molecular weight excluding hydrogens is 278 g/mol. The Kier molecular flexibility index (Phi) is 4.94. The molecule has 0 spiro atoms. The molecule has 1 atom stereocenters. The summed E-state index contributed by atoms with van der Waals surface area (Å²) in [6.45, 7) is 8.80. The van der Waals surface area contributed by atoms with Gasteiger partial charge in [0, 0.05) is 13.1 Å². The maximum Gasteiger partial charge on any atom is 0.136 e. The molecule has 0 saturated carbocycles. The molecule has 0 bridgehead atoms. The molecule has 2 N–H and O–H groups in total. The lowest BCUT2D eigenvalue weighted by molar-refractivity contribution is 0.0333. The molecule has 1 unspecified atom stereocenters. The van der Waals surface area contributed by atoms with Crippen LogP contribution in [0.2, 0.25) is 0 Å². The Hall–Kier alpha value is -1.78. The van der Waals surface area contributed by atoms with E-state index in [0.29, 0.717) is 18.8 Å². The quantitative estimate of drug-likeness (QED) is 0.860. The Morgan fingerprint density at radius 1 is 1.18 bits per heavy atom. The van der Waals surface area contributed by atoms with Crippen molar-refractivity contribution in [2.45, 2.75) is 39.8 Å². The van der Waals surface area contributed by atoms with Crippen LogP contribution < -0.4 is 10.1 Å². The molecule has 4 nitrogen and oxygen atoms in total. The van der Waals surface area contributed by atoms with E-state index in [-0.39, 0.29) is 0 Å². The van der Waals surface area contributed by atoms with Gasteiger partial charge in [0.2, 0.25) is 0 Å². The number of rotatable bonds is 6. The number of hydrogen-bond donors (Lipinski definition) is 2. The third kappa shape index (κ3) is 3.70. The van der Waals surface area contributed by atoms with Crippen LogP contribution in [0.3, 0.4) is 0 Å². The van der Waals surface area contributed by atoms with Gasteiger partial charge >= 0.3 is 0 Å². The molecule has 0 radical (unpaired) electrons. The first-order valence-electron chi connectivity index (χ1n) is 7.47. The van der Waals surface area contributed by atoms with Gasteiger partial charge in [-0.3, -0.25) is 0 Å². The van der Waals surface area contributed by atoms with Crippen molar-refractivity contribution in [3.8, 4) is 5.75 Å². The molecule has 1 heterocycles. The summed E-state index contributed by atoms with van der Waals surface area (Å²) in [5.41, 5.74) is 2.38. The van der Waals surface area contributed by atoms with Gasteiger partial charge in [-0.15, -0.1) is 0 Å². The third-order valence-electron chi connectivity index (χ3n) is 3.79. The smallest absolute Gasteiger partial charge is 0.136 e. The van der Waals surface area contributed by atoms with Crippen molar-refractivity contribution in [2.75, 3.05) is 13.7 Å². The number of ether oxygens (including phenoxy) is 1. The Morgan fingerprint density at radius 2 is 1.82 bits per heavy atom. The summed E-state index contributed by atoms with van der Waals surface area (Å²) in [7, 11) is 1.69. The predicted molar refractivity (Wildman–Crippen MR) is 87.2 cm³/mol. The zero-order valence-corrected chi connectivity index (χ0v) is 14.0. The monoisotopic (exact) mass is 303 g/mol. The van der Waals surface area contributed by atoms with E-state index in [4.69, 9.17) is 9.15 Å². The van der Waals surface area contributed by atoms with E-state index in [9.17, 15) is 5.11 Å². The van der Waals surface area contributed by atoms with Crippen LogP contribution in [0.1, 0.15) is 35.1 Å². The molecule has 0 saturated heterocycles. The first-order chi connectivity index (χ1) is 10.3. The Morgan fingerprint density at radius 3 is 2.32 bits per heavy atom. The van der Waals surface area contributed by atoms with Crippen LogP contribution in [0.4, 0.5) is 0 Å². The van der Waals surface area contributed by atoms with Crippen LogP contribution >= 0.6 is 0 Å². The van der Waals surface area contributed by atoms with E-state index in [1.807, 2.05) is 32.9 Å². The fourth-order valence-corrected chi connectivity index (χ4v) is 2.73. The minimum atomic E-state index is -1.02. The summed E-state index contributed by atoms with van der Waals surface area (Å²) in [4.78, 5) is 0. The van der Waals surface area contributed by atoms with Crippen molar-refractivity contribution in [2.24, 2.45) is 0 Å². The molecule has 0 amide bonds. The molecule has 0 fully saturated rings. The molecule has 120 valence electrons. The standard InChI is InChI=1S/C18H25NO3/c1-12-8-15(9-13(2)17(12)21-5)10-19-11-18(4,20)16-7-6-14(3)22-16/h6-9,19-20H,10-11H2,1-5H3. The Labute approximate surface area is 132 Å². The van der Waals surface area contributed by atoms with E-state index >= 15 is 0 Å². The number of hydrogen-bond acceptors (Lipinski definition) is 4. The lowest BCUT2D eigenvalue weighted by Gasteiger charge is -2.21. The number of methoxy groups -OCH3 is 1. The highest BCUT2D eigenvalue weighted by Gasteiger charge is 2.26. The number of nitrogens with one attached hydrogen (secondary N) is 1. The van der Waals surface area contributed by atoms with Gasteiger partial charge in [-0.25, -0.2) is 0 Å². The van der Waals surface area contributed by atoms with Gasteiger partial charge in [0.1, 0.15) is 22.9 Å². The van der Waals surface area contributed by atoms with Gasteiger partial charge in [-0.2, -0.15) is 0 Å². The average Bonchev–Trinajstić information content (AvgIpc) is 2.86. The summed E-state index contributed by atoms with van der Waals surface area (Å²) in [6, 6.07) is 7.88. The summed E-state index contributed by atoms with van der Waals surface area (Å²) < 4.78 is 10.9. The predicted octanol–water partition coefficient (Wildman–Crippen LogP) is 3.21. The topological polar surface area (TPSA) is 54.6 Å². The first-order valence-corrected chi connectivity index (χ1v) is 7.47. The second-order valence-electron chi connectivity index (χ2n) is 6.05. The molecule has 0 aliphatic carbocycles. The van der Waals surface area contributed by atoms with Crippen LogP contribution in [0.25, 0.3) is 0 Å². The minimum absolute atomic E-state index is 0.421. The summed E-state index contributed by atoms with van der Waals surface area (Å²) >= 11 is 0. The van der Waals surface area contributed by atoms with Gasteiger partial charge < -0.3 is 19.6 Å². The van der Waals surface area contributed by atoms with E-state index in [1.54, 1.807) is 14.0 Å². The maximum atomic E-state index is 10.5. The molecule has 2 aromatic rings. The van der Waals surface area contributed by atoms with Crippen molar-refractivity contribution in [1.29, 1.82) is 0 Å². The molecule has 4 heteroatoms. The van der Waals surface area contributed by atoms with Crippen molar-refractivity contribution < 1.29 is 14.3 Å². The summed E-state index contributed by atoms with van der Waals surface area (Å²) in [6.07, 6.45) is 0. The van der Waals surface area contributed by atoms with Crippen LogP contribution in [0, 0.1) is 20.8 Å². The Bertz CT molecular complexity index is 621. The van der Waals surface area contributed by atoms with Gasteiger partial charge in [0.25, 0.3) is 0 Å². The van der Waals surface area contributed by atoms with E-state index < -0.39 is 5.60 Å². The first kappa shape index (κ1) is 16.6. The van der Waals surface area contributed by atoms with Crippen LogP contribution in [-0.2, 0) is 12.1 Å². The van der Waals surface area contributed by atoms with Crippen molar-refractivity contribution >= 4 is 0 Å². The fraction of sp³-hybridized carbons (Fsp3) is 0.444. The molecule has 0 aliphatic heterocycles. The molecule has 1 aromatic heterocycles. The summed E-state index contributed by atoms with van der Waals surface area (Å²) in [5, 5.41) is 13.8. The second-order valence-corrected chi connectivity index (χ2v) is 6.05. The maximum absolute atomic E-state index is 10.5. The fourth-order valence-electron chi connectivity index (χ4n) is 2.73. The van der Waals surface area contributed by atoms with Gasteiger partial charge in [-0.1, -0.05) is 12.1 Å². The highest BCUT2D eigenvalue weighted by molar-refractivity contribution is 5.43. The number of benzene rings is 1.